The van der Waals surface area contributed by atoms with E-state index in [0.717, 1.165) is 38.8 Å². The lowest BCUT2D eigenvalue weighted by Gasteiger charge is -2.23. The monoisotopic (exact) mass is 281 g/mol. The molecule has 0 radical (unpaired) electrons. The first-order valence-electron chi connectivity index (χ1n) is 7.08. The molecule has 0 aromatic carbocycles. The minimum Gasteiger partial charge on any atom is -0.357 e. The average molecular weight is 281 g/mol. The first-order valence-corrected chi connectivity index (χ1v) is 7.08. The predicted molar refractivity (Wildman–Crippen MR) is 80.3 cm³/mol. The van der Waals surface area contributed by atoms with Gasteiger partial charge in [-0.15, -0.1) is 0 Å². The molecule has 0 aliphatic carbocycles. The highest BCUT2D eigenvalue weighted by molar-refractivity contribution is 5.58. The molecule has 20 heavy (non-hydrogen) atoms. The third-order valence-electron chi connectivity index (χ3n) is 3.03. The molecule has 1 aromatic heterocycles. The van der Waals surface area contributed by atoms with Gasteiger partial charge in [-0.25, -0.2) is 4.98 Å². The molecule has 7 nitrogen and oxygen atoms in total. The van der Waals surface area contributed by atoms with Gasteiger partial charge in [0, 0.05) is 20.1 Å². The molecule has 0 aliphatic heterocycles. The number of aromatic nitrogens is 2. The van der Waals surface area contributed by atoms with Crippen LogP contribution in [0.1, 0.15) is 39.5 Å². The molecule has 0 aliphatic rings. The summed E-state index contributed by atoms with van der Waals surface area (Å²) in [4.78, 5) is 20.9. The number of nitrogens with one attached hydrogen (secondary N) is 1. The third-order valence-corrected chi connectivity index (χ3v) is 3.03. The van der Waals surface area contributed by atoms with E-state index >= 15 is 0 Å². The van der Waals surface area contributed by atoms with Gasteiger partial charge in [0.2, 0.25) is 11.8 Å². The van der Waals surface area contributed by atoms with E-state index in [1.807, 2.05) is 4.90 Å². The van der Waals surface area contributed by atoms with Crippen LogP contribution in [0.3, 0.4) is 0 Å². The second-order valence-electron chi connectivity index (χ2n) is 4.60. The van der Waals surface area contributed by atoms with E-state index in [4.69, 9.17) is 0 Å². The maximum Gasteiger partial charge on any atom is 0.329 e. The molecular formula is C13H23N5O2. The van der Waals surface area contributed by atoms with Crippen LogP contribution in [0.2, 0.25) is 0 Å². The standard InChI is InChI=1S/C13H23N5O2/c1-4-6-8-17(9-7-5-2)12-11(18(19)20)10-15-13(14-3)16-12/h10H,4-9H2,1-3H3,(H,14,15,16). The van der Waals surface area contributed by atoms with Gasteiger partial charge in [0.1, 0.15) is 6.20 Å². The van der Waals surface area contributed by atoms with Gasteiger partial charge < -0.3 is 10.2 Å². The van der Waals surface area contributed by atoms with E-state index in [-0.39, 0.29) is 5.69 Å². The molecule has 7 heteroatoms. The molecule has 1 heterocycles. The van der Waals surface area contributed by atoms with Crippen molar-refractivity contribution in [3.63, 3.8) is 0 Å². The Morgan fingerprint density at radius 1 is 1.30 bits per heavy atom. The molecule has 0 saturated heterocycles. The lowest BCUT2D eigenvalue weighted by atomic mass is 10.2. The summed E-state index contributed by atoms with van der Waals surface area (Å²) in [6, 6.07) is 0. The number of hydrogen-bond acceptors (Lipinski definition) is 6. The van der Waals surface area contributed by atoms with Crippen LogP contribution in [0.4, 0.5) is 17.5 Å². The number of unbranched alkanes of at least 4 members (excludes halogenated alkanes) is 2. The minimum atomic E-state index is -0.417. The third kappa shape index (κ3) is 4.32. The van der Waals surface area contributed by atoms with Gasteiger partial charge in [0.15, 0.2) is 0 Å². The summed E-state index contributed by atoms with van der Waals surface area (Å²) in [5, 5.41) is 14.0. The maximum atomic E-state index is 11.2. The second kappa shape index (κ2) is 8.29. The SMILES string of the molecule is CCCCN(CCCC)c1nc(NC)ncc1[N+](=O)[O-]. The van der Waals surface area contributed by atoms with E-state index in [9.17, 15) is 10.1 Å². The highest BCUT2D eigenvalue weighted by atomic mass is 16.6. The smallest absolute Gasteiger partial charge is 0.329 e. The topological polar surface area (TPSA) is 84.2 Å². The molecule has 1 rings (SSSR count). The van der Waals surface area contributed by atoms with E-state index in [1.165, 1.54) is 6.20 Å². The van der Waals surface area contributed by atoms with Crippen molar-refractivity contribution in [2.75, 3.05) is 30.4 Å². The summed E-state index contributed by atoms with van der Waals surface area (Å²) >= 11 is 0. The summed E-state index contributed by atoms with van der Waals surface area (Å²) in [5.74, 6) is 0.819. The Hall–Kier alpha value is -1.92. The zero-order valence-electron chi connectivity index (χ0n) is 12.4. The second-order valence-corrected chi connectivity index (χ2v) is 4.60. The lowest BCUT2D eigenvalue weighted by Crippen LogP contribution is -2.27. The average Bonchev–Trinajstić information content (AvgIpc) is 2.46. The van der Waals surface area contributed by atoms with Gasteiger partial charge in [-0.05, 0) is 12.8 Å². The van der Waals surface area contributed by atoms with Crippen molar-refractivity contribution in [1.29, 1.82) is 0 Å². The van der Waals surface area contributed by atoms with Crippen LogP contribution in [-0.4, -0.2) is 35.0 Å². The van der Waals surface area contributed by atoms with E-state index in [0.29, 0.717) is 11.8 Å². The van der Waals surface area contributed by atoms with Gasteiger partial charge in [-0.2, -0.15) is 4.98 Å². The van der Waals surface area contributed by atoms with Gasteiger partial charge in [0.05, 0.1) is 4.92 Å². The molecule has 0 unspecified atom stereocenters. The molecular weight excluding hydrogens is 258 g/mol. The predicted octanol–water partition coefficient (Wildman–Crippen LogP) is 2.83. The van der Waals surface area contributed by atoms with Crippen molar-refractivity contribution in [1.82, 2.24) is 9.97 Å². The molecule has 0 spiro atoms. The Morgan fingerprint density at radius 3 is 2.35 bits per heavy atom. The minimum absolute atomic E-state index is 0.0313. The fourth-order valence-electron chi connectivity index (χ4n) is 1.87. The Labute approximate surface area is 119 Å². The molecule has 0 atom stereocenters. The van der Waals surface area contributed by atoms with Crippen LogP contribution in [0, 0.1) is 10.1 Å². The summed E-state index contributed by atoms with van der Waals surface area (Å²) < 4.78 is 0. The van der Waals surface area contributed by atoms with Gasteiger partial charge >= 0.3 is 5.69 Å². The van der Waals surface area contributed by atoms with Crippen LogP contribution in [0.5, 0.6) is 0 Å². The van der Waals surface area contributed by atoms with E-state index in [1.54, 1.807) is 7.05 Å². The number of hydrogen-bond donors (Lipinski definition) is 1. The van der Waals surface area contributed by atoms with Crippen molar-refractivity contribution in [3.8, 4) is 0 Å². The Kier molecular flexibility index (Phi) is 6.69. The van der Waals surface area contributed by atoms with Gasteiger partial charge in [-0.1, -0.05) is 26.7 Å². The summed E-state index contributed by atoms with van der Waals surface area (Å²) in [5.41, 5.74) is -0.0313. The quantitative estimate of drug-likeness (QED) is 0.553. The molecule has 0 fully saturated rings. The highest BCUT2D eigenvalue weighted by Crippen LogP contribution is 2.26. The highest BCUT2D eigenvalue weighted by Gasteiger charge is 2.22. The molecule has 112 valence electrons. The summed E-state index contributed by atoms with van der Waals surface area (Å²) in [6.07, 6.45) is 5.33. The first kappa shape index (κ1) is 16.1. The zero-order chi connectivity index (χ0) is 15.0. The maximum absolute atomic E-state index is 11.2. The molecule has 0 bridgehead atoms. The first-order chi connectivity index (χ1) is 9.63. The summed E-state index contributed by atoms with van der Waals surface area (Å²) in [6.45, 7) is 5.76. The Balaban J connectivity index is 3.09. The van der Waals surface area contributed by atoms with Crippen LogP contribution < -0.4 is 10.2 Å². The van der Waals surface area contributed by atoms with Crippen molar-refractivity contribution in [2.45, 2.75) is 39.5 Å². The van der Waals surface area contributed by atoms with E-state index in [2.05, 4.69) is 29.1 Å². The molecule has 0 amide bonds. The van der Waals surface area contributed by atoms with Crippen molar-refractivity contribution >= 4 is 17.5 Å². The molecule has 1 aromatic rings. The van der Waals surface area contributed by atoms with Crippen LogP contribution in [-0.2, 0) is 0 Å². The van der Waals surface area contributed by atoms with Crippen molar-refractivity contribution in [3.05, 3.63) is 16.3 Å². The van der Waals surface area contributed by atoms with Crippen LogP contribution >= 0.6 is 0 Å². The van der Waals surface area contributed by atoms with Crippen LogP contribution in [0.15, 0.2) is 6.20 Å². The number of nitrogens with zero attached hydrogens (tertiary/aromatic N) is 4. The van der Waals surface area contributed by atoms with Crippen LogP contribution in [0.25, 0.3) is 0 Å². The zero-order valence-corrected chi connectivity index (χ0v) is 12.4. The fourth-order valence-corrected chi connectivity index (χ4v) is 1.87. The molecule has 0 saturated carbocycles. The normalized spacial score (nSPS) is 10.3. The molecule has 1 N–H and O–H groups in total. The van der Waals surface area contributed by atoms with Crippen molar-refractivity contribution in [2.24, 2.45) is 0 Å². The Bertz CT molecular complexity index is 431. The fraction of sp³-hybridized carbons (Fsp3) is 0.692. The van der Waals surface area contributed by atoms with Gasteiger partial charge in [0.25, 0.3) is 0 Å². The summed E-state index contributed by atoms with van der Waals surface area (Å²) in [7, 11) is 1.70. The number of rotatable bonds is 9. The number of anilines is 2. The van der Waals surface area contributed by atoms with Gasteiger partial charge in [-0.3, -0.25) is 10.1 Å². The van der Waals surface area contributed by atoms with E-state index < -0.39 is 4.92 Å². The number of nitro groups is 1. The largest absolute Gasteiger partial charge is 0.357 e. The Morgan fingerprint density at radius 2 is 1.90 bits per heavy atom. The lowest BCUT2D eigenvalue weighted by molar-refractivity contribution is -0.384. The van der Waals surface area contributed by atoms with Crippen molar-refractivity contribution < 1.29 is 4.92 Å².